The summed E-state index contributed by atoms with van der Waals surface area (Å²) in [4.78, 5) is 2.86. The van der Waals surface area contributed by atoms with Crippen molar-refractivity contribution < 1.29 is 0 Å². The van der Waals surface area contributed by atoms with Crippen LogP contribution in [0.4, 0.5) is 0 Å². The van der Waals surface area contributed by atoms with Crippen molar-refractivity contribution in [3.63, 3.8) is 0 Å². The highest BCUT2D eigenvalue weighted by atomic mass is 15.1. The van der Waals surface area contributed by atoms with Crippen molar-refractivity contribution in [1.29, 1.82) is 0 Å². The van der Waals surface area contributed by atoms with Crippen LogP contribution in [0.5, 0.6) is 0 Å². The van der Waals surface area contributed by atoms with Gasteiger partial charge in [0.25, 0.3) is 0 Å². The molecule has 0 fully saturated rings. The van der Waals surface area contributed by atoms with Crippen LogP contribution in [0.15, 0.2) is 43.0 Å². The minimum atomic E-state index is 0. The molecule has 2 heterocycles. The van der Waals surface area contributed by atoms with Gasteiger partial charge in [0, 0.05) is 24.8 Å². The molecule has 0 aliphatic carbocycles. The molecule has 0 aliphatic heterocycles. The number of nitrogens with zero attached hydrogens (tertiary/aromatic N) is 1. The fraction of sp³-hybridized carbons (Fsp3) is 0.588. The molecule has 0 bridgehead atoms. The van der Waals surface area contributed by atoms with Crippen LogP contribution in [0.25, 0.3) is 0 Å². The van der Waals surface area contributed by atoms with E-state index in [0.29, 0.717) is 0 Å². The van der Waals surface area contributed by atoms with E-state index in [1.165, 1.54) is 0 Å². The number of H-pyrrole nitrogens is 2. The Bertz CT molecular complexity index is 212. The van der Waals surface area contributed by atoms with Crippen molar-refractivity contribution in [3.05, 3.63) is 43.0 Å². The smallest absolute Gasteiger partial charge is 0.0487 e. The van der Waals surface area contributed by atoms with Crippen LogP contribution in [0.2, 0.25) is 0 Å². The van der Waals surface area contributed by atoms with Gasteiger partial charge in [0.15, 0.2) is 0 Å². The molecule has 0 aromatic carbocycles. The van der Waals surface area contributed by atoms with Gasteiger partial charge < -0.3 is 4.98 Å². The minimum absolute atomic E-state index is 0. The van der Waals surface area contributed by atoms with Crippen LogP contribution < -0.4 is 0 Å². The van der Waals surface area contributed by atoms with Gasteiger partial charge in [-0.1, -0.05) is 56.4 Å². The largest absolute Gasteiger partial charge is 0.368 e. The lowest BCUT2D eigenvalue weighted by molar-refractivity contribution is 0.736. The third kappa shape index (κ3) is 54.9. The molecule has 2 aromatic heterocycles. The monoisotopic (exact) mass is 283 g/mol. The number of hydrogen-bond donors (Lipinski definition) is 2. The van der Waals surface area contributed by atoms with Crippen LogP contribution in [0.1, 0.15) is 56.4 Å². The molecule has 3 heteroatoms. The van der Waals surface area contributed by atoms with E-state index in [-0.39, 0.29) is 14.9 Å². The van der Waals surface area contributed by atoms with Crippen molar-refractivity contribution in [2.24, 2.45) is 11.8 Å². The molecule has 2 aromatic rings. The lowest BCUT2D eigenvalue weighted by atomic mass is 10.3. The predicted octanol–water partition coefficient (Wildman–Crippen LogP) is 6.02. The molecule has 3 nitrogen and oxygen atoms in total. The average Bonchev–Trinajstić information content (AvgIpc) is 2.96. The highest BCUT2D eigenvalue weighted by Gasteiger charge is 1.68. The second-order valence-electron chi connectivity index (χ2n) is 5.12. The van der Waals surface area contributed by atoms with Crippen molar-refractivity contribution in [2.45, 2.75) is 56.4 Å². The molecule has 0 aliphatic rings. The number of aromatic nitrogens is 3. The molecule has 2 N–H and O–H groups in total. The van der Waals surface area contributed by atoms with Crippen molar-refractivity contribution in [2.75, 3.05) is 0 Å². The maximum Gasteiger partial charge on any atom is 0.0487 e. The topological polar surface area (TPSA) is 44.5 Å². The normalized spacial score (nSPS) is 7.60. The molecule has 0 radical (unpaired) electrons. The Morgan fingerprint density at radius 2 is 1.10 bits per heavy atom. The van der Waals surface area contributed by atoms with Crippen molar-refractivity contribution in [3.8, 4) is 0 Å². The second kappa shape index (κ2) is 22.7. The quantitative estimate of drug-likeness (QED) is 0.610. The number of aromatic amines is 2. The number of rotatable bonds is 0. The van der Waals surface area contributed by atoms with Crippen molar-refractivity contribution in [1.82, 2.24) is 15.2 Å². The molecule has 0 unspecified atom stereocenters. The van der Waals surface area contributed by atoms with Gasteiger partial charge in [-0.2, -0.15) is 5.10 Å². The fourth-order valence-corrected chi connectivity index (χ4v) is 0.493. The van der Waals surface area contributed by atoms with Gasteiger partial charge in [0.2, 0.25) is 0 Å². The summed E-state index contributed by atoms with van der Waals surface area (Å²) in [6.07, 6.45) is 7.21. The van der Waals surface area contributed by atoms with Crippen LogP contribution in [-0.2, 0) is 0 Å². The molecule has 0 saturated carbocycles. The summed E-state index contributed by atoms with van der Waals surface area (Å²) in [5.41, 5.74) is 0. The van der Waals surface area contributed by atoms with Crippen LogP contribution in [-0.4, -0.2) is 15.2 Å². The Kier molecular flexibility index (Phi) is 30.5. The van der Waals surface area contributed by atoms with Gasteiger partial charge in [-0.05, 0) is 30.0 Å². The summed E-state index contributed by atoms with van der Waals surface area (Å²) in [6, 6.07) is 5.72. The van der Waals surface area contributed by atoms with Gasteiger partial charge in [-0.3, -0.25) is 5.10 Å². The Morgan fingerprint density at radius 3 is 1.20 bits per heavy atom. The maximum atomic E-state index is 3.60. The molecule has 0 atom stereocenters. The van der Waals surface area contributed by atoms with Crippen LogP contribution in [0, 0.1) is 11.8 Å². The van der Waals surface area contributed by atoms with E-state index in [1.807, 2.05) is 30.6 Å². The van der Waals surface area contributed by atoms with E-state index in [2.05, 4.69) is 56.7 Å². The fourth-order valence-electron chi connectivity index (χ4n) is 0.493. The number of hydrogen-bond acceptors (Lipinski definition) is 1. The summed E-state index contributed by atoms with van der Waals surface area (Å²) in [5, 5.41) is 6.21. The standard InChI is InChI=1S/C4H5N.2C4H10.C3H4N2.2CH4/c1-2-4-5-3-1;2*1-4(2)3;1-2-4-5-3-1;;/h1-5H;2*4H,1-3H3;1-3H,(H,4,5);2*1H4. The first-order chi connectivity index (χ1) is 8.46. The Morgan fingerprint density at radius 1 is 0.700 bits per heavy atom. The van der Waals surface area contributed by atoms with Gasteiger partial charge in [0.05, 0.1) is 0 Å². The summed E-state index contributed by atoms with van der Waals surface area (Å²) in [6.45, 7) is 13.0. The molecular formula is C17H37N3. The maximum absolute atomic E-state index is 3.60. The third-order valence-corrected chi connectivity index (χ3v) is 0.902. The van der Waals surface area contributed by atoms with Crippen LogP contribution in [0.3, 0.4) is 0 Å². The zero-order valence-electron chi connectivity index (χ0n) is 12.6. The molecule has 120 valence electrons. The molecule has 2 rings (SSSR count). The lowest BCUT2D eigenvalue weighted by Gasteiger charge is -1.79. The van der Waals surface area contributed by atoms with Gasteiger partial charge in [0.1, 0.15) is 0 Å². The molecule has 0 spiro atoms. The van der Waals surface area contributed by atoms with Crippen molar-refractivity contribution >= 4 is 0 Å². The highest BCUT2D eigenvalue weighted by molar-refractivity contribution is 4.84. The van der Waals surface area contributed by atoms with E-state index in [4.69, 9.17) is 0 Å². The minimum Gasteiger partial charge on any atom is -0.368 e. The Balaban J connectivity index is -0.0000000833. The number of nitrogens with one attached hydrogen (secondary N) is 2. The second-order valence-corrected chi connectivity index (χ2v) is 5.12. The average molecular weight is 284 g/mol. The van der Waals surface area contributed by atoms with E-state index >= 15 is 0 Å². The SMILES string of the molecule is C.C.CC(C)C.CC(C)C.c1cc[nH]c1.c1cn[nH]c1. The molecule has 0 amide bonds. The van der Waals surface area contributed by atoms with Crippen LogP contribution >= 0.6 is 0 Å². The Labute approximate surface area is 127 Å². The zero-order chi connectivity index (χ0) is 14.2. The molecular weight excluding hydrogens is 246 g/mol. The first-order valence-corrected chi connectivity index (χ1v) is 6.48. The molecule has 0 saturated heterocycles. The lowest BCUT2D eigenvalue weighted by Crippen LogP contribution is -1.66. The van der Waals surface area contributed by atoms with Gasteiger partial charge in [-0.25, -0.2) is 0 Å². The van der Waals surface area contributed by atoms with E-state index in [0.717, 1.165) is 11.8 Å². The highest BCUT2D eigenvalue weighted by Crippen LogP contribution is 1.81. The summed E-state index contributed by atoms with van der Waals surface area (Å²) >= 11 is 0. The van der Waals surface area contributed by atoms with E-state index < -0.39 is 0 Å². The van der Waals surface area contributed by atoms with Gasteiger partial charge in [-0.15, -0.1) is 0 Å². The summed E-state index contributed by atoms with van der Waals surface area (Å²) in [5.74, 6) is 1.67. The van der Waals surface area contributed by atoms with Gasteiger partial charge >= 0.3 is 0 Å². The van der Waals surface area contributed by atoms with E-state index in [9.17, 15) is 0 Å². The third-order valence-electron chi connectivity index (χ3n) is 0.902. The summed E-state index contributed by atoms with van der Waals surface area (Å²) < 4.78 is 0. The first-order valence-electron chi connectivity index (χ1n) is 6.48. The zero-order valence-corrected chi connectivity index (χ0v) is 12.6. The predicted molar refractivity (Wildman–Crippen MR) is 93.9 cm³/mol. The first kappa shape index (κ1) is 26.9. The summed E-state index contributed by atoms with van der Waals surface area (Å²) in [7, 11) is 0. The van der Waals surface area contributed by atoms with E-state index in [1.54, 1.807) is 12.4 Å². The molecule has 20 heavy (non-hydrogen) atoms. The Hall–Kier alpha value is -1.51.